The number of aliphatic hydroxyl groups is 1. The molecule has 1 aliphatic heterocycles. The van der Waals surface area contributed by atoms with E-state index < -0.39 is 21.8 Å². The molecular weight excluding hydrogens is 459 g/mol. The van der Waals surface area contributed by atoms with Crippen LogP contribution in [0.4, 0.5) is 4.39 Å². The van der Waals surface area contributed by atoms with Gasteiger partial charge in [0.1, 0.15) is 17.3 Å². The molecule has 0 fully saturated rings. The van der Waals surface area contributed by atoms with Crippen LogP contribution in [0, 0.1) is 11.7 Å². The first-order valence-electron chi connectivity index (χ1n) is 10.7. The van der Waals surface area contributed by atoms with E-state index in [1.165, 1.54) is 31.3 Å². The largest absolute Gasteiger partial charge is 0.460 e. The van der Waals surface area contributed by atoms with Crippen LogP contribution in [0.3, 0.4) is 0 Å². The summed E-state index contributed by atoms with van der Waals surface area (Å²) in [6.45, 7) is -0.492. The van der Waals surface area contributed by atoms with Crippen molar-refractivity contribution in [1.82, 2.24) is 9.62 Å². The molecule has 0 bridgehead atoms. The van der Waals surface area contributed by atoms with Crippen molar-refractivity contribution in [3.8, 4) is 0 Å². The normalized spacial score (nSPS) is 17.8. The van der Waals surface area contributed by atoms with E-state index in [0.717, 1.165) is 16.1 Å². The smallest absolute Gasteiger partial charge is 0.251 e. The molecule has 0 radical (unpaired) electrons. The molecule has 0 saturated heterocycles. The van der Waals surface area contributed by atoms with Crippen molar-refractivity contribution in [2.45, 2.75) is 6.42 Å². The molecule has 2 N–H and O–H groups in total. The summed E-state index contributed by atoms with van der Waals surface area (Å²) in [5.74, 6) is -0.492. The first-order chi connectivity index (χ1) is 16.2. The molecule has 7 nitrogen and oxygen atoms in total. The van der Waals surface area contributed by atoms with E-state index in [4.69, 9.17) is 4.74 Å². The molecule has 4 rings (SSSR count). The number of carbonyl (C=O) groups is 1. The molecule has 34 heavy (non-hydrogen) atoms. The molecule has 1 heterocycles. The van der Waals surface area contributed by atoms with Crippen molar-refractivity contribution >= 4 is 27.3 Å². The third kappa shape index (κ3) is 4.49. The maximum atomic E-state index is 13.5. The van der Waals surface area contributed by atoms with E-state index in [-0.39, 0.29) is 19.1 Å². The summed E-state index contributed by atoms with van der Waals surface area (Å²) in [6, 6.07) is 14.9. The molecule has 2 aromatic carbocycles. The average molecular weight is 485 g/mol. The van der Waals surface area contributed by atoms with Gasteiger partial charge in [-0.3, -0.25) is 9.10 Å². The Bertz CT molecular complexity index is 1300. The second-order valence-electron chi connectivity index (χ2n) is 8.02. The van der Waals surface area contributed by atoms with Crippen LogP contribution in [0.2, 0.25) is 0 Å². The van der Waals surface area contributed by atoms with Crippen molar-refractivity contribution in [2.75, 3.05) is 26.5 Å². The van der Waals surface area contributed by atoms with Gasteiger partial charge in [-0.05, 0) is 41.8 Å². The fourth-order valence-corrected chi connectivity index (χ4v) is 5.24. The summed E-state index contributed by atoms with van der Waals surface area (Å²) in [5.41, 5.74) is 2.81. The van der Waals surface area contributed by atoms with Crippen molar-refractivity contribution < 1.29 is 27.4 Å². The summed E-state index contributed by atoms with van der Waals surface area (Å²) in [4.78, 5) is 12.9. The molecule has 1 amide bonds. The molecular formula is C25H25FN2O5S. The number of likely N-dealkylation sites (N-methyl/N-ethyl adjacent to an activating group) is 1. The summed E-state index contributed by atoms with van der Waals surface area (Å²) in [7, 11) is -2.20. The number of carbonyl (C=O) groups excluding carboxylic acids is 1. The van der Waals surface area contributed by atoms with Crippen molar-refractivity contribution in [3.05, 3.63) is 94.6 Å². The number of allylic oxidation sites excluding steroid dienone is 3. The Morgan fingerprint density at radius 1 is 1.15 bits per heavy atom. The van der Waals surface area contributed by atoms with Gasteiger partial charge in [-0.1, -0.05) is 30.3 Å². The van der Waals surface area contributed by atoms with Gasteiger partial charge in [-0.15, -0.1) is 0 Å². The Morgan fingerprint density at radius 2 is 1.82 bits per heavy atom. The highest BCUT2D eigenvalue weighted by molar-refractivity contribution is 7.88. The standard InChI is InChI=1S/C25H25FN2O5S/c1-27-25(30)23-20-14-19(16-6-4-3-5-7-16)21(28(12-13-29)34(2,31)32)15-22(20)33-24(23)17-8-10-18(26)11-9-17/h3-11,15,20,29H,12-14H2,1-2H3,(H,27,30). The van der Waals surface area contributed by atoms with Crippen LogP contribution in [0.25, 0.3) is 11.3 Å². The second kappa shape index (κ2) is 9.44. The number of benzene rings is 2. The van der Waals surface area contributed by atoms with Gasteiger partial charge < -0.3 is 15.2 Å². The topological polar surface area (TPSA) is 95.9 Å². The average Bonchev–Trinajstić information content (AvgIpc) is 3.20. The minimum Gasteiger partial charge on any atom is -0.460 e. The van der Waals surface area contributed by atoms with Crippen LogP contribution >= 0.6 is 0 Å². The molecule has 1 unspecified atom stereocenters. The number of hydrogen-bond acceptors (Lipinski definition) is 5. The zero-order chi connectivity index (χ0) is 24.5. The van der Waals surface area contributed by atoms with Gasteiger partial charge in [0.25, 0.3) is 5.91 Å². The molecule has 178 valence electrons. The summed E-state index contributed by atoms with van der Waals surface area (Å²) in [6.07, 6.45) is 3.00. The van der Waals surface area contributed by atoms with Crippen LogP contribution in [-0.4, -0.2) is 50.2 Å². The highest BCUT2D eigenvalue weighted by Crippen LogP contribution is 2.48. The zero-order valence-corrected chi connectivity index (χ0v) is 19.6. The first kappa shape index (κ1) is 23.7. The van der Waals surface area contributed by atoms with Gasteiger partial charge in [-0.25, -0.2) is 12.8 Å². The number of hydrogen-bond donors (Lipinski definition) is 2. The predicted molar refractivity (Wildman–Crippen MR) is 127 cm³/mol. The molecule has 0 aromatic heterocycles. The lowest BCUT2D eigenvalue weighted by Crippen LogP contribution is -2.34. The molecule has 2 aliphatic rings. The Labute approximate surface area is 197 Å². The molecule has 0 saturated carbocycles. The van der Waals surface area contributed by atoms with Crippen LogP contribution in [0.15, 0.2) is 77.7 Å². The Morgan fingerprint density at radius 3 is 2.41 bits per heavy atom. The lowest BCUT2D eigenvalue weighted by atomic mass is 9.82. The van der Waals surface area contributed by atoms with E-state index in [2.05, 4.69) is 5.32 Å². The molecule has 1 atom stereocenters. The maximum absolute atomic E-state index is 13.5. The SMILES string of the molecule is CNC(=O)C1=C(c2ccc(F)cc2)OC2=CC(N(CCO)S(C)(=O)=O)=C(c3ccccc3)CC21. The van der Waals surface area contributed by atoms with Crippen LogP contribution in [-0.2, 0) is 19.6 Å². The number of nitrogens with zero attached hydrogens (tertiary/aromatic N) is 1. The number of rotatable bonds is 7. The van der Waals surface area contributed by atoms with Gasteiger partial charge >= 0.3 is 0 Å². The van der Waals surface area contributed by atoms with Crippen molar-refractivity contribution in [3.63, 3.8) is 0 Å². The molecule has 1 aliphatic carbocycles. The van der Waals surface area contributed by atoms with Gasteiger partial charge in [0.15, 0.2) is 0 Å². The van der Waals surface area contributed by atoms with Crippen molar-refractivity contribution in [2.24, 2.45) is 5.92 Å². The first-order valence-corrected chi connectivity index (χ1v) is 12.6. The van der Waals surface area contributed by atoms with Gasteiger partial charge in [0.05, 0.1) is 36.6 Å². The summed E-state index contributed by atoms with van der Waals surface area (Å²) in [5, 5.41) is 12.2. The second-order valence-corrected chi connectivity index (χ2v) is 9.93. The fourth-order valence-electron chi connectivity index (χ4n) is 4.30. The molecule has 0 spiro atoms. The van der Waals surface area contributed by atoms with Crippen molar-refractivity contribution in [1.29, 1.82) is 0 Å². The summed E-state index contributed by atoms with van der Waals surface area (Å²) >= 11 is 0. The molecule has 2 aromatic rings. The van der Waals surface area contributed by atoms with Crippen LogP contribution in [0.1, 0.15) is 17.5 Å². The number of nitrogens with one attached hydrogen (secondary N) is 1. The predicted octanol–water partition coefficient (Wildman–Crippen LogP) is 2.88. The highest BCUT2D eigenvalue weighted by Gasteiger charge is 2.41. The molecule has 9 heteroatoms. The van der Waals surface area contributed by atoms with E-state index in [1.807, 2.05) is 30.3 Å². The zero-order valence-electron chi connectivity index (χ0n) is 18.8. The Hall–Kier alpha value is -3.43. The number of amides is 1. The van der Waals surface area contributed by atoms with Gasteiger partial charge in [0.2, 0.25) is 10.0 Å². The van der Waals surface area contributed by atoms with E-state index in [1.54, 1.807) is 6.08 Å². The number of halogens is 1. The van der Waals surface area contributed by atoms with E-state index in [0.29, 0.717) is 40.3 Å². The Kier molecular flexibility index (Phi) is 6.58. The monoisotopic (exact) mass is 484 g/mol. The number of sulfonamides is 1. The fraction of sp³-hybridized carbons (Fsp3) is 0.240. The Balaban J connectivity index is 1.89. The minimum absolute atomic E-state index is 0.125. The van der Waals surface area contributed by atoms with Crippen LogP contribution in [0.5, 0.6) is 0 Å². The lowest BCUT2D eigenvalue weighted by molar-refractivity contribution is -0.117. The lowest BCUT2D eigenvalue weighted by Gasteiger charge is -2.30. The summed E-state index contributed by atoms with van der Waals surface area (Å²) < 4.78 is 46.0. The third-order valence-electron chi connectivity index (χ3n) is 5.83. The number of ether oxygens (including phenoxy) is 1. The van der Waals surface area contributed by atoms with E-state index >= 15 is 0 Å². The minimum atomic E-state index is -3.72. The third-order valence-corrected chi connectivity index (χ3v) is 7.01. The number of fused-ring (bicyclic) bond motifs is 1. The quantitative estimate of drug-likeness (QED) is 0.630. The van der Waals surface area contributed by atoms with Gasteiger partial charge in [0, 0.05) is 18.7 Å². The van der Waals surface area contributed by atoms with Gasteiger partial charge in [-0.2, -0.15) is 0 Å². The number of aliphatic hydroxyl groups excluding tert-OH is 1. The highest BCUT2D eigenvalue weighted by atomic mass is 32.2. The maximum Gasteiger partial charge on any atom is 0.251 e. The van der Waals surface area contributed by atoms with E-state index in [9.17, 15) is 22.7 Å². The van der Waals surface area contributed by atoms with Crippen LogP contribution < -0.4 is 5.32 Å².